The Morgan fingerprint density at radius 1 is 1.27 bits per heavy atom. The molecule has 2 heteroatoms. The Morgan fingerprint density at radius 3 is 2.60 bits per heavy atom. The Bertz CT molecular complexity index is 413. The molecule has 0 saturated heterocycles. The third-order valence-corrected chi connectivity index (χ3v) is 7.92. The van der Waals surface area contributed by atoms with Crippen LogP contribution in [-0.4, -0.2) is 15.0 Å². The number of allylic oxidation sites excluding steroid dienone is 1. The van der Waals surface area contributed by atoms with E-state index in [2.05, 4.69) is 67.6 Å². The predicted octanol–water partition coefficient (Wildman–Crippen LogP) is 4.05. The van der Waals surface area contributed by atoms with Gasteiger partial charge in [0.15, 0.2) is 0 Å². The fraction of sp³-hybridized carbons (Fsp3) is 0.385. The number of benzene rings is 1. The van der Waals surface area contributed by atoms with Crippen LogP contribution < -0.4 is 0 Å². The topological polar surface area (TPSA) is 0 Å². The van der Waals surface area contributed by atoms with Crippen molar-refractivity contribution in [3.8, 4) is 0 Å². The maximum absolute atomic E-state index is 2.54. The van der Waals surface area contributed by atoms with Gasteiger partial charge in [-0.2, -0.15) is 0 Å². The van der Waals surface area contributed by atoms with Gasteiger partial charge in [-0.05, 0) is 0 Å². The van der Waals surface area contributed by atoms with E-state index in [9.17, 15) is 0 Å². The number of fused-ring (bicyclic) bond motifs is 1. The molecule has 0 amide bonds. The molecule has 1 aromatic carbocycles. The van der Waals surface area contributed by atoms with Gasteiger partial charge in [0.25, 0.3) is 0 Å². The summed E-state index contributed by atoms with van der Waals surface area (Å²) in [7, 11) is 0. The first-order valence-corrected chi connectivity index (χ1v) is 8.26. The van der Waals surface area contributed by atoms with Crippen molar-refractivity contribution in [1.29, 1.82) is 0 Å². The molecule has 0 aliphatic carbocycles. The first kappa shape index (κ1) is 11.7. The summed E-state index contributed by atoms with van der Waals surface area (Å²) in [4.78, 5) is 0. The Hall–Kier alpha value is 0.209. The van der Waals surface area contributed by atoms with Gasteiger partial charge in [0, 0.05) is 0 Å². The van der Waals surface area contributed by atoms with Gasteiger partial charge in [0.2, 0.25) is 0 Å². The van der Waals surface area contributed by atoms with Crippen LogP contribution in [0.5, 0.6) is 0 Å². The van der Waals surface area contributed by atoms with Crippen molar-refractivity contribution in [3.63, 3.8) is 0 Å². The number of hydrogen-bond acceptors (Lipinski definition) is 0. The Labute approximate surface area is 112 Å². The van der Waals surface area contributed by atoms with Crippen molar-refractivity contribution >= 4 is 42.0 Å². The molecular weight excluding hydrogens is 362 g/mol. The molecule has 0 unspecified atom stereocenters. The van der Waals surface area contributed by atoms with Gasteiger partial charge in [-0.25, -0.2) is 0 Å². The Balaban J connectivity index is 2.52. The van der Waals surface area contributed by atoms with E-state index >= 15 is 0 Å². The van der Waals surface area contributed by atoms with E-state index < -0.39 is 0 Å². The second-order valence-corrected chi connectivity index (χ2v) is 7.99. The van der Waals surface area contributed by atoms with Crippen LogP contribution in [0.15, 0.2) is 27.8 Å². The van der Waals surface area contributed by atoms with E-state index in [1.807, 2.05) is 0 Å². The van der Waals surface area contributed by atoms with Gasteiger partial charge in [0.1, 0.15) is 0 Å². The Morgan fingerprint density at radius 2 is 1.93 bits per heavy atom. The number of rotatable bonds is 0. The van der Waals surface area contributed by atoms with E-state index in [1.165, 1.54) is 10.9 Å². The zero-order valence-corrected chi connectivity index (χ0v) is 13.2. The normalized spacial score (nSPS) is 18.9. The van der Waals surface area contributed by atoms with Crippen molar-refractivity contribution in [2.45, 2.75) is 26.1 Å². The van der Waals surface area contributed by atoms with Crippen LogP contribution in [0.4, 0.5) is 0 Å². The summed E-state index contributed by atoms with van der Waals surface area (Å²) in [5, 5.41) is 1.28. The molecule has 0 N–H and O–H groups in total. The van der Waals surface area contributed by atoms with E-state index in [1.54, 1.807) is 13.6 Å². The van der Waals surface area contributed by atoms with Crippen LogP contribution in [-0.2, 0) is 5.32 Å². The van der Waals surface area contributed by atoms with E-state index in [4.69, 9.17) is 0 Å². The van der Waals surface area contributed by atoms with Crippen molar-refractivity contribution in [2.75, 3.05) is 0 Å². The maximum atomic E-state index is 2.54. The summed E-state index contributed by atoms with van der Waals surface area (Å²) >= 11 is 3.19. The molecule has 80 valence electrons. The fourth-order valence-electron chi connectivity index (χ4n) is 1.62. The van der Waals surface area contributed by atoms with Gasteiger partial charge in [0.05, 0.1) is 0 Å². The van der Waals surface area contributed by atoms with E-state index in [-0.39, 0.29) is 0 Å². The van der Waals surface area contributed by atoms with Gasteiger partial charge in [-0.15, -0.1) is 0 Å². The summed E-state index contributed by atoms with van der Waals surface area (Å²) in [6.07, 6.45) is 0. The zero-order chi connectivity index (χ0) is 11.1. The van der Waals surface area contributed by atoms with Crippen LogP contribution in [0.25, 0.3) is 4.47 Å². The quantitative estimate of drug-likeness (QED) is 0.473. The SMILES string of the molecule is CC(C)(C)/C(I)=C1/[Se]Cc2ccccc21. The molecule has 1 aliphatic heterocycles. The minimum atomic E-state index is 0.301. The van der Waals surface area contributed by atoms with E-state index in [0.717, 1.165) is 0 Å². The molecule has 2 rings (SSSR count). The molecule has 0 atom stereocenters. The first-order chi connectivity index (χ1) is 7.00. The van der Waals surface area contributed by atoms with Gasteiger partial charge >= 0.3 is 112 Å². The summed E-state index contributed by atoms with van der Waals surface area (Å²) in [6.45, 7) is 6.91. The molecule has 0 saturated carbocycles. The standard InChI is InChI=1S/C13H15ISe/c1-13(2,3)12(14)11-10-7-5-4-6-9(10)8-15-11/h4-7H,8H2,1-3H3/b12-11-. The second-order valence-electron chi connectivity index (χ2n) is 4.84. The van der Waals surface area contributed by atoms with Gasteiger partial charge < -0.3 is 0 Å². The van der Waals surface area contributed by atoms with E-state index in [0.29, 0.717) is 20.4 Å². The third kappa shape index (κ3) is 2.32. The molecule has 0 radical (unpaired) electrons. The summed E-state index contributed by atoms with van der Waals surface area (Å²) in [5.41, 5.74) is 3.36. The van der Waals surface area contributed by atoms with Crippen molar-refractivity contribution in [1.82, 2.24) is 0 Å². The van der Waals surface area contributed by atoms with Gasteiger partial charge in [-0.3, -0.25) is 0 Å². The molecule has 0 nitrogen and oxygen atoms in total. The van der Waals surface area contributed by atoms with Crippen LogP contribution in [0.1, 0.15) is 31.9 Å². The molecule has 0 aromatic heterocycles. The average molecular weight is 377 g/mol. The third-order valence-electron chi connectivity index (χ3n) is 2.49. The second kappa shape index (κ2) is 4.23. The molecule has 0 fully saturated rings. The van der Waals surface area contributed by atoms with Crippen molar-refractivity contribution in [2.24, 2.45) is 5.41 Å². The van der Waals surface area contributed by atoms with Crippen molar-refractivity contribution in [3.05, 3.63) is 39.0 Å². The minimum absolute atomic E-state index is 0.301. The monoisotopic (exact) mass is 378 g/mol. The van der Waals surface area contributed by atoms with Crippen LogP contribution in [0, 0.1) is 5.41 Å². The first-order valence-electron chi connectivity index (χ1n) is 5.11. The van der Waals surface area contributed by atoms with Crippen LogP contribution in [0.3, 0.4) is 0 Å². The molecular formula is C13H15ISe. The predicted molar refractivity (Wildman–Crippen MR) is 76.3 cm³/mol. The summed E-state index contributed by atoms with van der Waals surface area (Å²) in [5.74, 6) is 0. The zero-order valence-electron chi connectivity index (χ0n) is 9.30. The fourth-order valence-corrected chi connectivity index (χ4v) is 5.53. The number of hydrogen-bond donors (Lipinski definition) is 0. The van der Waals surface area contributed by atoms with Crippen LogP contribution in [0.2, 0.25) is 0 Å². The molecule has 1 heterocycles. The molecule has 0 spiro atoms. The molecule has 1 aliphatic rings. The number of halogens is 1. The molecule has 1 aromatic rings. The summed E-state index contributed by atoms with van der Waals surface area (Å²) in [6, 6.07) is 8.87. The summed E-state index contributed by atoms with van der Waals surface area (Å²) < 4.78 is 3.18. The molecule has 0 bridgehead atoms. The average Bonchev–Trinajstić information content (AvgIpc) is 2.58. The van der Waals surface area contributed by atoms with Crippen LogP contribution >= 0.6 is 22.6 Å². The Kier molecular flexibility index (Phi) is 3.30. The van der Waals surface area contributed by atoms with Crippen molar-refractivity contribution < 1.29 is 0 Å². The van der Waals surface area contributed by atoms with Gasteiger partial charge in [-0.1, -0.05) is 0 Å². The molecule has 15 heavy (non-hydrogen) atoms.